The van der Waals surface area contributed by atoms with E-state index in [1.165, 1.54) is 0 Å². The van der Waals surface area contributed by atoms with Crippen LogP contribution in [-0.2, 0) is 7.05 Å². The van der Waals surface area contributed by atoms with Crippen molar-refractivity contribution in [2.45, 2.75) is 13.8 Å². The highest BCUT2D eigenvalue weighted by Crippen LogP contribution is 2.07. The van der Waals surface area contributed by atoms with Gasteiger partial charge in [0.2, 0.25) is 0 Å². The first-order valence-corrected chi connectivity index (χ1v) is 3.26. The summed E-state index contributed by atoms with van der Waals surface area (Å²) < 4.78 is 1.94. The summed E-state index contributed by atoms with van der Waals surface area (Å²) in [5.74, 6) is 0.137. The van der Waals surface area contributed by atoms with Crippen molar-refractivity contribution in [3.05, 3.63) is 23.5 Å². The predicted octanol–water partition coefficient (Wildman–Crippen LogP) is 1.54. The highest BCUT2D eigenvalue weighted by Gasteiger charge is 2.04. The molecule has 0 aliphatic carbocycles. The topological polar surface area (TPSA) is 22.0 Å². The van der Waals surface area contributed by atoms with Gasteiger partial charge in [-0.25, -0.2) is 0 Å². The number of nitrogens with zero attached hydrogens (tertiary/aromatic N) is 1. The van der Waals surface area contributed by atoms with Gasteiger partial charge in [0.25, 0.3) is 0 Å². The molecule has 1 rings (SSSR count). The Kier molecular flexibility index (Phi) is 1.62. The van der Waals surface area contributed by atoms with Crippen LogP contribution in [0.5, 0.6) is 0 Å². The minimum Gasteiger partial charge on any atom is -0.354 e. The van der Waals surface area contributed by atoms with E-state index in [1.807, 2.05) is 30.8 Å². The van der Waals surface area contributed by atoms with Gasteiger partial charge in [-0.2, -0.15) is 0 Å². The minimum atomic E-state index is 0.137. The molecule has 0 unspecified atom stereocenters. The molecule has 0 atom stereocenters. The second kappa shape index (κ2) is 2.29. The van der Waals surface area contributed by atoms with Gasteiger partial charge in [-0.15, -0.1) is 0 Å². The van der Waals surface area contributed by atoms with Crippen molar-refractivity contribution in [3.8, 4) is 0 Å². The minimum absolute atomic E-state index is 0.137. The Balaban J connectivity index is 3.17. The van der Waals surface area contributed by atoms with E-state index < -0.39 is 0 Å². The summed E-state index contributed by atoms with van der Waals surface area (Å²) in [6.07, 6.45) is 1.89. The van der Waals surface area contributed by atoms with Crippen LogP contribution >= 0.6 is 0 Å². The third-order valence-corrected chi connectivity index (χ3v) is 1.76. The first-order valence-electron chi connectivity index (χ1n) is 3.26. The molecule has 1 aromatic rings. The Morgan fingerprint density at radius 1 is 1.60 bits per heavy atom. The van der Waals surface area contributed by atoms with Gasteiger partial charge < -0.3 is 4.57 Å². The molecule has 0 N–H and O–H groups in total. The average Bonchev–Trinajstić information content (AvgIpc) is 2.14. The van der Waals surface area contributed by atoms with Crippen LogP contribution in [0.1, 0.15) is 23.0 Å². The molecule has 1 heterocycles. The van der Waals surface area contributed by atoms with Gasteiger partial charge in [0.1, 0.15) is 0 Å². The molecule has 0 saturated carbocycles. The first kappa shape index (κ1) is 7.06. The summed E-state index contributed by atoms with van der Waals surface area (Å²) in [7, 11) is 1.93. The third kappa shape index (κ3) is 0.967. The Morgan fingerprint density at radius 3 is 2.40 bits per heavy atom. The number of Topliss-reactive ketones (excluding diaryl/α,β-unsaturated/α-hetero) is 1. The number of hydrogen-bond donors (Lipinski definition) is 0. The summed E-state index contributed by atoms with van der Waals surface area (Å²) in [6, 6.07) is 1.84. The lowest BCUT2D eigenvalue weighted by Gasteiger charge is -1.95. The summed E-state index contributed by atoms with van der Waals surface area (Å²) in [6.45, 7) is 3.53. The van der Waals surface area contributed by atoms with Gasteiger partial charge >= 0.3 is 0 Å². The summed E-state index contributed by atoms with van der Waals surface area (Å²) in [4.78, 5) is 10.9. The van der Waals surface area contributed by atoms with Crippen molar-refractivity contribution in [1.82, 2.24) is 4.57 Å². The zero-order chi connectivity index (χ0) is 7.72. The highest BCUT2D eigenvalue weighted by atomic mass is 16.1. The molecule has 0 fully saturated rings. The number of rotatable bonds is 1. The van der Waals surface area contributed by atoms with Crippen LogP contribution < -0.4 is 0 Å². The largest absolute Gasteiger partial charge is 0.354 e. The molecular weight excluding hydrogens is 126 g/mol. The number of aromatic nitrogens is 1. The van der Waals surface area contributed by atoms with Crippen LogP contribution in [0.25, 0.3) is 0 Å². The molecule has 0 aliphatic heterocycles. The number of hydrogen-bond acceptors (Lipinski definition) is 1. The van der Waals surface area contributed by atoms with Crippen LogP contribution in [0.15, 0.2) is 12.3 Å². The van der Waals surface area contributed by atoms with E-state index >= 15 is 0 Å². The fraction of sp³-hybridized carbons (Fsp3) is 0.375. The van der Waals surface area contributed by atoms with E-state index in [0.717, 1.165) is 11.3 Å². The highest BCUT2D eigenvalue weighted by molar-refractivity contribution is 5.95. The van der Waals surface area contributed by atoms with Gasteiger partial charge in [0.15, 0.2) is 5.78 Å². The number of carbonyl (C=O) groups excluding carboxylic acids is 1. The lowest BCUT2D eigenvalue weighted by molar-refractivity contribution is 0.101. The van der Waals surface area contributed by atoms with Crippen LogP contribution in [0, 0.1) is 6.92 Å². The Labute approximate surface area is 60.5 Å². The van der Waals surface area contributed by atoms with Gasteiger partial charge in [-0.1, -0.05) is 0 Å². The summed E-state index contributed by atoms with van der Waals surface area (Å²) in [5.41, 5.74) is 1.86. The van der Waals surface area contributed by atoms with Crippen LogP contribution in [0.4, 0.5) is 0 Å². The molecule has 0 bridgehead atoms. The van der Waals surface area contributed by atoms with Gasteiger partial charge in [-0.3, -0.25) is 4.79 Å². The average molecular weight is 137 g/mol. The third-order valence-electron chi connectivity index (χ3n) is 1.76. The maximum Gasteiger partial charge on any atom is 0.161 e. The summed E-state index contributed by atoms with van der Waals surface area (Å²) in [5, 5.41) is 0. The number of carbonyl (C=O) groups is 1. The Hall–Kier alpha value is -1.05. The van der Waals surface area contributed by atoms with Crippen molar-refractivity contribution >= 4 is 5.78 Å². The van der Waals surface area contributed by atoms with Crippen LogP contribution in [0.2, 0.25) is 0 Å². The number of ketones is 1. The van der Waals surface area contributed by atoms with Crippen molar-refractivity contribution in [2.75, 3.05) is 0 Å². The molecule has 1 aromatic heterocycles. The van der Waals surface area contributed by atoms with Crippen LogP contribution in [0.3, 0.4) is 0 Å². The number of aryl methyl sites for hydroxylation is 1. The zero-order valence-electron chi connectivity index (χ0n) is 6.51. The van der Waals surface area contributed by atoms with Gasteiger partial charge in [0.05, 0.1) is 0 Å². The molecule has 10 heavy (non-hydrogen) atoms. The SMILES string of the molecule is CC(=O)c1ccn(C)c1C. The van der Waals surface area contributed by atoms with E-state index in [1.54, 1.807) is 6.92 Å². The first-order chi connectivity index (χ1) is 4.63. The lowest BCUT2D eigenvalue weighted by atomic mass is 10.2. The van der Waals surface area contributed by atoms with Crippen molar-refractivity contribution in [1.29, 1.82) is 0 Å². The van der Waals surface area contributed by atoms with E-state index in [4.69, 9.17) is 0 Å². The molecule has 0 spiro atoms. The predicted molar refractivity (Wildman–Crippen MR) is 40.2 cm³/mol. The van der Waals surface area contributed by atoms with Crippen molar-refractivity contribution in [3.63, 3.8) is 0 Å². The smallest absolute Gasteiger partial charge is 0.161 e. The maximum absolute atomic E-state index is 10.9. The second-order valence-electron chi connectivity index (χ2n) is 2.48. The van der Waals surface area contributed by atoms with E-state index in [2.05, 4.69) is 0 Å². The molecule has 54 valence electrons. The molecule has 0 radical (unpaired) electrons. The van der Waals surface area contributed by atoms with Crippen molar-refractivity contribution < 1.29 is 4.79 Å². The van der Waals surface area contributed by atoms with Crippen LogP contribution in [-0.4, -0.2) is 10.4 Å². The van der Waals surface area contributed by atoms with Gasteiger partial charge in [0, 0.05) is 24.5 Å². The molecule has 2 heteroatoms. The Bertz CT molecular complexity index is 260. The molecule has 2 nitrogen and oxygen atoms in total. The van der Waals surface area contributed by atoms with E-state index in [9.17, 15) is 4.79 Å². The Morgan fingerprint density at radius 2 is 2.20 bits per heavy atom. The fourth-order valence-corrected chi connectivity index (χ4v) is 0.981. The van der Waals surface area contributed by atoms with E-state index in [0.29, 0.717) is 0 Å². The van der Waals surface area contributed by atoms with E-state index in [-0.39, 0.29) is 5.78 Å². The molecule has 0 amide bonds. The second-order valence-corrected chi connectivity index (χ2v) is 2.48. The maximum atomic E-state index is 10.9. The molecular formula is C8H11NO. The normalized spacial score (nSPS) is 9.90. The zero-order valence-corrected chi connectivity index (χ0v) is 6.51. The monoisotopic (exact) mass is 137 g/mol. The van der Waals surface area contributed by atoms with Gasteiger partial charge in [-0.05, 0) is 19.9 Å². The standard InChI is InChI=1S/C8H11NO/c1-6-8(7(2)10)4-5-9(6)3/h4-5H,1-3H3. The molecule has 0 aliphatic rings. The quantitative estimate of drug-likeness (QED) is 0.538. The molecule has 0 saturated heterocycles. The molecule has 0 aromatic carbocycles. The summed E-state index contributed by atoms with van der Waals surface area (Å²) >= 11 is 0. The van der Waals surface area contributed by atoms with Crippen molar-refractivity contribution in [2.24, 2.45) is 7.05 Å². The fourth-order valence-electron chi connectivity index (χ4n) is 0.981. The lowest BCUT2D eigenvalue weighted by Crippen LogP contribution is -1.95.